The first kappa shape index (κ1) is 15.7. The standard InChI is InChI=1S/C14H18N2OS3/c1-14(2)12(15(3)13(18)20-14)16(17)9-10-5-7-11(19-4)8-6-10/h5-9,12H,1-4H3/b16-9-. The molecule has 3 nitrogen and oxygen atoms in total. The third kappa shape index (κ3) is 3.13. The van der Waals surface area contributed by atoms with Gasteiger partial charge in [-0.3, -0.25) is 0 Å². The van der Waals surface area contributed by atoms with Crippen LogP contribution in [-0.4, -0.2) is 44.4 Å². The number of benzene rings is 1. The molecule has 0 radical (unpaired) electrons. The van der Waals surface area contributed by atoms with Gasteiger partial charge < -0.3 is 10.1 Å². The van der Waals surface area contributed by atoms with E-state index in [1.54, 1.807) is 29.7 Å². The molecule has 1 aromatic carbocycles. The molecule has 1 heterocycles. The average Bonchev–Trinajstić information content (AvgIpc) is 2.59. The minimum Gasteiger partial charge on any atom is -0.622 e. The Balaban J connectivity index is 2.27. The second-order valence-electron chi connectivity index (χ2n) is 5.22. The molecule has 1 aliphatic heterocycles. The summed E-state index contributed by atoms with van der Waals surface area (Å²) in [5, 5.41) is 12.5. The largest absolute Gasteiger partial charge is 0.622 e. The number of rotatable bonds is 3. The Labute approximate surface area is 134 Å². The molecule has 1 aliphatic rings. The van der Waals surface area contributed by atoms with Crippen LogP contribution in [0.4, 0.5) is 0 Å². The molecular weight excluding hydrogens is 308 g/mol. The third-order valence-electron chi connectivity index (χ3n) is 3.26. The van der Waals surface area contributed by atoms with Crippen LogP contribution in [0.3, 0.4) is 0 Å². The van der Waals surface area contributed by atoms with Crippen molar-refractivity contribution in [3.63, 3.8) is 0 Å². The van der Waals surface area contributed by atoms with Gasteiger partial charge in [0.15, 0.2) is 6.21 Å². The maximum absolute atomic E-state index is 12.5. The van der Waals surface area contributed by atoms with E-state index in [2.05, 4.69) is 0 Å². The lowest BCUT2D eigenvalue weighted by Crippen LogP contribution is -2.46. The Morgan fingerprint density at radius 1 is 1.40 bits per heavy atom. The molecule has 1 unspecified atom stereocenters. The van der Waals surface area contributed by atoms with Crippen LogP contribution in [0.2, 0.25) is 0 Å². The number of hydroxylamine groups is 1. The number of hydrogen-bond acceptors (Lipinski definition) is 4. The van der Waals surface area contributed by atoms with E-state index in [4.69, 9.17) is 12.2 Å². The SMILES string of the molecule is CSc1ccc(/C=[N+](\[O-])C2N(C)C(=S)SC2(C)C)cc1. The van der Waals surface area contributed by atoms with Gasteiger partial charge in [-0.05, 0) is 44.4 Å². The van der Waals surface area contributed by atoms with E-state index in [1.807, 2.05) is 56.3 Å². The summed E-state index contributed by atoms with van der Waals surface area (Å²) in [7, 11) is 1.88. The van der Waals surface area contributed by atoms with Gasteiger partial charge in [0.25, 0.3) is 6.17 Å². The molecular formula is C14H18N2OS3. The minimum absolute atomic E-state index is 0.219. The molecule has 20 heavy (non-hydrogen) atoms. The zero-order valence-corrected chi connectivity index (χ0v) is 14.4. The van der Waals surface area contributed by atoms with Crippen LogP contribution in [0.15, 0.2) is 29.2 Å². The highest BCUT2D eigenvalue weighted by Gasteiger charge is 2.48. The van der Waals surface area contributed by atoms with Crippen LogP contribution in [-0.2, 0) is 0 Å². The summed E-state index contributed by atoms with van der Waals surface area (Å²) in [6, 6.07) is 7.97. The number of hydrogen-bond donors (Lipinski definition) is 0. The van der Waals surface area contributed by atoms with E-state index in [-0.39, 0.29) is 10.9 Å². The molecule has 1 saturated heterocycles. The van der Waals surface area contributed by atoms with Crippen molar-refractivity contribution in [2.75, 3.05) is 13.3 Å². The number of thiocarbonyl (C=S) groups is 1. The monoisotopic (exact) mass is 326 g/mol. The molecule has 0 amide bonds. The van der Waals surface area contributed by atoms with Gasteiger partial charge in [-0.1, -0.05) is 24.0 Å². The van der Waals surface area contributed by atoms with Gasteiger partial charge in [0.05, 0.1) is 0 Å². The van der Waals surface area contributed by atoms with Crippen LogP contribution in [0.25, 0.3) is 0 Å². The lowest BCUT2D eigenvalue weighted by Gasteiger charge is -2.27. The van der Waals surface area contributed by atoms with E-state index < -0.39 is 0 Å². The fraction of sp³-hybridized carbons (Fsp3) is 0.429. The van der Waals surface area contributed by atoms with Gasteiger partial charge >= 0.3 is 0 Å². The smallest absolute Gasteiger partial charge is 0.254 e. The quantitative estimate of drug-likeness (QED) is 0.212. The van der Waals surface area contributed by atoms with Crippen molar-refractivity contribution in [2.24, 2.45) is 0 Å². The van der Waals surface area contributed by atoms with Crippen LogP contribution in [0.5, 0.6) is 0 Å². The zero-order chi connectivity index (χ0) is 14.9. The van der Waals surface area contributed by atoms with Crippen LogP contribution >= 0.6 is 35.7 Å². The molecule has 0 N–H and O–H groups in total. The van der Waals surface area contributed by atoms with E-state index in [0.29, 0.717) is 0 Å². The Morgan fingerprint density at radius 3 is 2.45 bits per heavy atom. The van der Waals surface area contributed by atoms with Gasteiger partial charge in [0.1, 0.15) is 9.07 Å². The van der Waals surface area contributed by atoms with E-state index >= 15 is 0 Å². The zero-order valence-electron chi connectivity index (χ0n) is 12.0. The van der Waals surface area contributed by atoms with Crippen molar-refractivity contribution in [1.82, 2.24) is 4.90 Å². The number of nitrogens with zero attached hydrogens (tertiary/aromatic N) is 2. The van der Waals surface area contributed by atoms with Gasteiger partial charge in [-0.2, -0.15) is 4.74 Å². The summed E-state index contributed by atoms with van der Waals surface area (Å²) in [5.41, 5.74) is 0.907. The lowest BCUT2D eigenvalue weighted by atomic mass is 10.1. The predicted octanol–water partition coefficient (Wildman–Crippen LogP) is 3.41. The molecule has 0 saturated carbocycles. The average molecular weight is 327 g/mol. The summed E-state index contributed by atoms with van der Waals surface area (Å²) < 4.78 is 1.57. The molecule has 0 bridgehead atoms. The first-order valence-electron chi connectivity index (χ1n) is 6.25. The maximum atomic E-state index is 12.5. The first-order valence-corrected chi connectivity index (χ1v) is 8.70. The minimum atomic E-state index is -0.278. The third-order valence-corrected chi connectivity index (χ3v) is 5.74. The van der Waals surface area contributed by atoms with Crippen molar-refractivity contribution in [1.29, 1.82) is 0 Å². The Morgan fingerprint density at radius 2 is 2.00 bits per heavy atom. The fourth-order valence-electron chi connectivity index (χ4n) is 2.30. The Bertz CT molecular complexity index is 540. The summed E-state index contributed by atoms with van der Waals surface area (Å²) >= 11 is 8.56. The molecule has 0 aromatic heterocycles. The van der Waals surface area contributed by atoms with Gasteiger partial charge in [-0.15, -0.1) is 11.8 Å². The lowest BCUT2D eigenvalue weighted by molar-refractivity contribution is -0.522. The fourth-order valence-corrected chi connectivity index (χ4v) is 4.51. The second kappa shape index (κ2) is 5.95. The van der Waals surface area contributed by atoms with Gasteiger partial charge in [0, 0.05) is 17.5 Å². The molecule has 1 fully saturated rings. The Kier molecular flexibility index (Phi) is 4.66. The van der Waals surface area contributed by atoms with E-state index in [0.717, 1.165) is 14.6 Å². The predicted molar refractivity (Wildman–Crippen MR) is 92.8 cm³/mol. The molecule has 0 aliphatic carbocycles. The van der Waals surface area contributed by atoms with Crippen LogP contribution in [0.1, 0.15) is 19.4 Å². The Hall–Kier alpha value is -0.720. The normalized spacial score (nSPS) is 22.4. The van der Waals surface area contributed by atoms with Crippen molar-refractivity contribution in [3.8, 4) is 0 Å². The molecule has 1 atom stereocenters. The van der Waals surface area contributed by atoms with Crippen molar-refractivity contribution in [3.05, 3.63) is 35.0 Å². The van der Waals surface area contributed by atoms with Crippen molar-refractivity contribution < 1.29 is 4.74 Å². The summed E-state index contributed by atoms with van der Waals surface area (Å²) in [4.78, 5) is 3.06. The topological polar surface area (TPSA) is 29.3 Å². The summed E-state index contributed by atoms with van der Waals surface area (Å²) in [6.07, 6.45) is 3.40. The molecule has 108 valence electrons. The number of thioether (sulfide) groups is 2. The van der Waals surface area contributed by atoms with Gasteiger partial charge in [0.2, 0.25) is 0 Å². The highest BCUT2D eigenvalue weighted by Crippen LogP contribution is 2.40. The molecule has 2 rings (SSSR count). The highest BCUT2D eigenvalue weighted by molar-refractivity contribution is 8.24. The first-order chi connectivity index (χ1) is 9.35. The second-order valence-corrected chi connectivity index (χ2v) is 8.39. The van der Waals surface area contributed by atoms with Crippen molar-refractivity contribution >= 4 is 46.3 Å². The van der Waals surface area contributed by atoms with E-state index in [9.17, 15) is 5.21 Å². The maximum Gasteiger partial charge on any atom is 0.254 e. The highest BCUT2D eigenvalue weighted by atomic mass is 32.2. The molecule has 6 heteroatoms. The molecule has 1 aromatic rings. The summed E-state index contributed by atoms with van der Waals surface area (Å²) in [6.45, 7) is 4.10. The van der Waals surface area contributed by atoms with Crippen molar-refractivity contribution in [2.45, 2.75) is 29.7 Å². The summed E-state index contributed by atoms with van der Waals surface area (Å²) in [5.74, 6) is 0. The van der Waals surface area contributed by atoms with Crippen LogP contribution in [0, 0.1) is 5.21 Å². The van der Waals surface area contributed by atoms with Crippen LogP contribution < -0.4 is 0 Å². The molecule has 0 spiro atoms. The van der Waals surface area contributed by atoms with E-state index in [1.165, 1.54) is 4.90 Å². The van der Waals surface area contributed by atoms with Gasteiger partial charge in [-0.25, -0.2) is 0 Å².